The molecule has 4 saturated carbocycles. The number of nitrogens with one attached hydrogen (secondary N) is 2. The minimum Gasteiger partial charge on any atom is -0.444 e. The average Bonchev–Trinajstić information content (AvgIpc) is 2.20. The maximum absolute atomic E-state index is 12.0. The molecule has 0 radical (unpaired) electrons. The Morgan fingerprint density at radius 1 is 1.06 bits per heavy atom. The monoisotopic (exact) mass is 250 g/mol. The van der Waals surface area contributed by atoms with E-state index >= 15 is 0 Å². The predicted molar refractivity (Wildman–Crippen MR) is 67.2 cm³/mol. The van der Waals surface area contributed by atoms with Crippen molar-refractivity contribution >= 4 is 6.09 Å². The molecule has 5 rings (SSSR count). The van der Waals surface area contributed by atoms with E-state index in [0.717, 1.165) is 30.8 Å². The minimum atomic E-state index is -0.177. The zero-order valence-corrected chi connectivity index (χ0v) is 10.8. The van der Waals surface area contributed by atoms with Crippen LogP contribution in [0.2, 0.25) is 0 Å². The lowest BCUT2D eigenvalue weighted by Gasteiger charge is -2.56. The second-order valence-corrected chi connectivity index (χ2v) is 7.01. The molecule has 1 aliphatic heterocycles. The summed E-state index contributed by atoms with van der Waals surface area (Å²) in [7, 11) is 0. The number of rotatable bonds is 2. The maximum atomic E-state index is 12.0. The average molecular weight is 250 g/mol. The van der Waals surface area contributed by atoms with Crippen LogP contribution in [0.5, 0.6) is 0 Å². The standard InChI is InChI=1S/C14H22N2O2/c17-13(18-12-7-15-8-12)16-14-4-9-1-10(5-14)3-11(2-9)6-14/h9-12,15H,1-8H2,(H,16,17). The van der Waals surface area contributed by atoms with E-state index in [1.54, 1.807) is 0 Å². The lowest BCUT2D eigenvalue weighted by Crippen LogP contribution is -2.61. The zero-order valence-electron chi connectivity index (χ0n) is 10.8. The summed E-state index contributed by atoms with van der Waals surface area (Å²) in [6.45, 7) is 1.63. The Kier molecular flexibility index (Phi) is 2.38. The summed E-state index contributed by atoms with van der Waals surface area (Å²) in [6.07, 6.45) is 7.71. The first-order valence-corrected chi connectivity index (χ1v) is 7.40. The highest BCUT2D eigenvalue weighted by Crippen LogP contribution is 2.55. The van der Waals surface area contributed by atoms with Gasteiger partial charge in [-0.25, -0.2) is 4.79 Å². The Labute approximate surface area is 108 Å². The van der Waals surface area contributed by atoms with Gasteiger partial charge in [-0.3, -0.25) is 0 Å². The van der Waals surface area contributed by atoms with E-state index in [9.17, 15) is 4.79 Å². The first-order chi connectivity index (χ1) is 8.71. The van der Waals surface area contributed by atoms with Gasteiger partial charge in [0.25, 0.3) is 0 Å². The van der Waals surface area contributed by atoms with Crippen molar-refractivity contribution in [3.05, 3.63) is 0 Å². The molecule has 4 nitrogen and oxygen atoms in total. The van der Waals surface area contributed by atoms with E-state index in [-0.39, 0.29) is 17.7 Å². The molecule has 5 aliphatic rings. The van der Waals surface area contributed by atoms with E-state index < -0.39 is 0 Å². The van der Waals surface area contributed by atoms with Gasteiger partial charge in [0.05, 0.1) is 0 Å². The van der Waals surface area contributed by atoms with Gasteiger partial charge in [0.15, 0.2) is 0 Å². The molecule has 0 unspecified atom stereocenters. The van der Waals surface area contributed by atoms with Crippen molar-refractivity contribution in [1.82, 2.24) is 10.6 Å². The molecule has 100 valence electrons. The largest absolute Gasteiger partial charge is 0.444 e. The second-order valence-electron chi connectivity index (χ2n) is 7.01. The number of hydrogen-bond donors (Lipinski definition) is 2. The van der Waals surface area contributed by atoms with Gasteiger partial charge in [-0.05, 0) is 56.3 Å². The normalized spacial score (nSPS) is 45.7. The summed E-state index contributed by atoms with van der Waals surface area (Å²) < 4.78 is 5.41. The quantitative estimate of drug-likeness (QED) is 0.783. The van der Waals surface area contributed by atoms with E-state index in [2.05, 4.69) is 10.6 Å². The third-order valence-corrected chi connectivity index (χ3v) is 5.42. The van der Waals surface area contributed by atoms with Crippen molar-refractivity contribution < 1.29 is 9.53 Å². The minimum absolute atomic E-state index is 0.0863. The highest BCUT2D eigenvalue weighted by atomic mass is 16.6. The van der Waals surface area contributed by atoms with Gasteiger partial charge in [-0.15, -0.1) is 0 Å². The van der Waals surface area contributed by atoms with Crippen LogP contribution in [0.15, 0.2) is 0 Å². The third kappa shape index (κ3) is 1.81. The number of amides is 1. The number of carbonyl (C=O) groups excluding carboxylic acids is 1. The Morgan fingerprint density at radius 3 is 2.06 bits per heavy atom. The number of alkyl carbamates (subject to hydrolysis) is 1. The molecule has 0 spiro atoms. The van der Waals surface area contributed by atoms with Crippen LogP contribution in [0.3, 0.4) is 0 Å². The molecule has 0 aromatic rings. The SMILES string of the molecule is O=C(NC12CC3CC(CC(C3)C1)C2)OC1CNC1. The first kappa shape index (κ1) is 11.1. The van der Waals surface area contributed by atoms with Gasteiger partial charge >= 0.3 is 6.09 Å². The van der Waals surface area contributed by atoms with Gasteiger partial charge in [-0.1, -0.05) is 0 Å². The molecule has 4 aliphatic carbocycles. The second kappa shape index (κ2) is 3.86. The van der Waals surface area contributed by atoms with Gasteiger partial charge < -0.3 is 15.4 Å². The van der Waals surface area contributed by atoms with Crippen LogP contribution in [-0.4, -0.2) is 30.8 Å². The molecule has 1 amide bonds. The lowest BCUT2D eigenvalue weighted by atomic mass is 9.53. The zero-order chi connectivity index (χ0) is 12.2. The summed E-state index contributed by atoms with van der Waals surface area (Å²) in [4.78, 5) is 12.0. The first-order valence-electron chi connectivity index (χ1n) is 7.40. The van der Waals surface area contributed by atoms with Crippen molar-refractivity contribution in [1.29, 1.82) is 0 Å². The van der Waals surface area contributed by atoms with Crippen LogP contribution >= 0.6 is 0 Å². The highest BCUT2D eigenvalue weighted by molar-refractivity contribution is 5.68. The molecule has 18 heavy (non-hydrogen) atoms. The van der Waals surface area contributed by atoms with Crippen molar-refractivity contribution in [3.63, 3.8) is 0 Å². The van der Waals surface area contributed by atoms with E-state index in [1.807, 2.05) is 0 Å². The number of carbonyl (C=O) groups is 1. The fraction of sp³-hybridized carbons (Fsp3) is 0.929. The summed E-state index contributed by atoms with van der Waals surface area (Å²) in [5, 5.41) is 6.36. The Bertz CT molecular complexity index is 330. The summed E-state index contributed by atoms with van der Waals surface area (Å²) in [6, 6.07) is 0. The molecule has 1 heterocycles. The van der Waals surface area contributed by atoms with Crippen LogP contribution in [0, 0.1) is 17.8 Å². The van der Waals surface area contributed by atoms with Gasteiger partial charge in [0.2, 0.25) is 0 Å². The molecule has 4 bridgehead atoms. The lowest BCUT2D eigenvalue weighted by molar-refractivity contribution is -0.0241. The third-order valence-electron chi connectivity index (χ3n) is 5.42. The van der Waals surface area contributed by atoms with Crippen molar-refractivity contribution in [2.45, 2.75) is 50.2 Å². The maximum Gasteiger partial charge on any atom is 0.407 e. The van der Waals surface area contributed by atoms with Crippen LogP contribution in [0.1, 0.15) is 38.5 Å². The molecule has 5 fully saturated rings. The Morgan fingerprint density at radius 2 is 1.61 bits per heavy atom. The van der Waals surface area contributed by atoms with E-state index in [0.29, 0.717) is 0 Å². The van der Waals surface area contributed by atoms with Crippen LogP contribution in [-0.2, 0) is 4.74 Å². The van der Waals surface area contributed by atoms with Crippen molar-refractivity contribution in [3.8, 4) is 0 Å². The predicted octanol–water partition coefficient (Wildman–Crippen LogP) is 1.65. The number of hydrogen-bond acceptors (Lipinski definition) is 3. The highest BCUT2D eigenvalue weighted by Gasteiger charge is 2.51. The van der Waals surface area contributed by atoms with Crippen molar-refractivity contribution in [2.24, 2.45) is 17.8 Å². The number of ether oxygens (including phenoxy) is 1. The Balaban J connectivity index is 1.42. The summed E-state index contributed by atoms with van der Waals surface area (Å²) in [5.74, 6) is 2.59. The molecule has 0 aromatic carbocycles. The smallest absolute Gasteiger partial charge is 0.407 e. The topological polar surface area (TPSA) is 50.4 Å². The molecule has 0 atom stereocenters. The molecule has 2 N–H and O–H groups in total. The molecular weight excluding hydrogens is 228 g/mol. The van der Waals surface area contributed by atoms with E-state index in [4.69, 9.17) is 4.74 Å². The molecular formula is C14H22N2O2. The summed E-state index contributed by atoms with van der Waals surface area (Å²) >= 11 is 0. The fourth-order valence-electron chi connectivity index (χ4n) is 5.01. The van der Waals surface area contributed by atoms with Gasteiger partial charge in [0.1, 0.15) is 6.10 Å². The molecule has 0 aromatic heterocycles. The van der Waals surface area contributed by atoms with Crippen LogP contribution in [0.4, 0.5) is 4.79 Å². The fourth-order valence-corrected chi connectivity index (χ4v) is 5.01. The van der Waals surface area contributed by atoms with Crippen molar-refractivity contribution in [2.75, 3.05) is 13.1 Å². The van der Waals surface area contributed by atoms with Crippen LogP contribution in [0.25, 0.3) is 0 Å². The van der Waals surface area contributed by atoms with E-state index in [1.165, 1.54) is 38.5 Å². The molecule has 1 saturated heterocycles. The summed E-state index contributed by atoms with van der Waals surface area (Å²) in [5.41, 5.74) is 0.0863. The van der Waals surface area contributed by atoms with Crippen LogP contribution < -0.4 is 10.6 Å². The van der Waals surface area contributed by atoms with Gasteiger partial charge in [0, 0.05) is 18.6 Å². The molecule has 4 heteroatoms. The van der Waals surface area contributed by atoms with Gasteiger partial charge in [-0.2, -0.15) is 0 Å². The Hall–Kier alpha value is -0.770.